The number of nitrogens with one attached hydrogen (secondary N) is 2. The molecule has 2 aromatic carbocycles. The molecule has 0 fully saturated rings. The summed E-state index contributed by atoms with van der Waals surface area (Å²) in [7, 11) is 1.70. The molecule has 0 saturated heterocycles. The lowest BCUT2D eigenvalue weighted by Crippen LogP contribution is -2.15. The summed E-state index contributed by atoms with van der Waals surface area (Å²) in [6, 6.07) is 12.8. The third-order valence-electron chi connectivity index (χ3n) is 2.81. The highest BCUT2D eigenvalue weighted by Gasteiger charge is 2.14. The molecule has 5 heteroatoms. The lowest BCUT2D eigenvalue weighted by Gasteiger charge is -2.10. The molecule has 0 unspecified atom stereocenters. The summed E-state index contributed by atoms with van der Waals surface area (Å²) in [5.41, 5.74) is 1.05. The van der Waals surface area contributed by atoms with Gasteiger partial charge in [-0.2, -0.15) is 5.26 Å². The quantitative estimate of drug-likeness (QED) is 0.900. The van der Waals surface area contributed by atoms with E-state index in [-0.39, 0.29) is 11.3 Å². The number of nitrogens with zero attached hydrogens (tertiary/aromatic N) is 1. The summed E-state index contributed by atoms with van der Waals surface area (Å²) in [6.45, 7) is 0. The fraction of sp³-hybridized carbons (Fsp3) is 0.0667. The topological polar surface area (TPSA) is 64.9 Å². The second-order valence-corrected chi connectivity index (χ2v) is 4.02. The lowest BCUT2D eigenvalue weighted by molar-refractivity contribution is 0.102. The minimum atomic E-state index is -0.660. The maximum atomic E-state index is 13.5. The van der Waals surface area contributed by atoms with Crippen molar-refractivity contribution in [2.45, 2.75) is 0 Å². The predicted octanol–water partition coefficient (Wildman–Crippen LogP) is 2.99. The third kappa shape index (κ3) is 2.59. The van der Waals surface area contributed by atoms with E-state index in [1.165, 1.54) is 18.2 Å². The molecular weight excluding hydrogens is 257 g/mol. The molecule has 4 nitrogen and oxygen atoms in total. The summed E-state index contributed by atoms with van der Waals surface area (Å²) in [5.74, 6) is -1.07. The third-order valence-corrected chi connectivity index (χ3v) is 2.81. The van der Waals surface area contributed by atoms with E-state index in [1.807, 2.05) is 0 Å². The van der Waals surface area contributed by atoms with Crippen LogP contribution in [-0.4, -0.2) is 13.0 Å². The van der Waals surface area contributed by atoms with Crippen molar-refractivity contribution >= 4 is 17.3 Å². The summed E-state index contributed by atoms with van der Waals surface area (Å²) in [5, 5.41) is 14.4. The summed E-state index contributed by atoms with van der Waals surface area (Å²) < 4.78 is 13.5. The minimum absolute atomic E-state index is 0.156. The van der Waals surface area contributed by atoms with Crippen molar-refractivity contribution in [3.63, 3.8) is 0 Å². The molecule has 2 rings (SSSR count). The van der Waals surface area contributed by atoms with Crippen LogP contribution in [-0.2, 0) is 0 Å². The fourth-order valence-corrected chi connectivity index (χ4v) is 1.83. The maximum Gasteiger partial charge on any atom is 0.257 e. The van der Waals surface area contributed by atoms with E-state index < -0.39 is 11.7 Å². The van der Waals surface area contributed by atoms with Crippen LogP contribution in [0.3, 0.4) is 0 Å². The number of benzene rings is 2. The van der Waals surface area contributed by atoms with Gasteiger partial charge in [0.25, 0.3) is 5.91 Å². The van der Waals surface area contributed by atoms with Gasteiger partial charge in [-0.15, -0.1) is 0 Å². The Hall–Kier alpha value is -2.87. The second kappa shape index (κ2) is 5.85. The largest absolute Gasteiger partial charge is 0.387 e. The van der Waals surface area contributed by atoms with E-state index in [0.29, 0.717) is 11.3 Å². The van der Waals surface area contributed by atoms with Gasteiger partial charge in [0.15, 0.2) is 0 Å². The number of rotatable bonds is 3. The molecule has 2 aromatic rings. The van der Waals surface area contributed by atoms with Crippen LogP contribution in [0.2, 0.25) is 0 Å². The highest BCUT2D eigenvalue weighted by molar-refractivity contribution is 6.08. The van der Waals surface area contributed by atoms with Crippen LogP contribution in [0.25, 0.3) is 0 Å². The van der Waals surface area contributed by atoms with Crippen molar-refractivity contribution < 1.29 is 9.18 Å². The highest BCUT2D eigenvalue weighted by atomic mass is 19.1. The Balaban J connectivity index is 2.34. The zero-order valence-electron chi connectivity index (χ0n) is 10.8. The maximum absolute atomic E-state index is 13.5. The predicted molar refractivity (Wildman–Crippen MR) is 75.1 cm³/mol. The first-order valence-electron chi connectivity index (χ1n) is 5.94. The number of hydrogen-bond acceptors (Lipinski definition) is 3. The number of nitriles is 1. The molecule has 20 heavy (non-hydrogen) atoms. The van der Waals surface area contributed by atoms with E-state index in [4.69, 9.17) is 5.26 Å². The van der Waals surface area contributed by atoms with E-state index in [9.17, 15) is 9.18 Å². The van der Waals surface area contributed by atoms with E-state index in [0.717, 1.165) is 0 Å². The van der Waals surface area contributed by atoms with Crippen LogP contribution in [0.15, 0.2) is 42.5 Å². The second-order valence-electron chi connectivity index (χ2n) is 4.02. The Bertz CT molecular complexity index is 692. The molecule has 0 aromatic heterocycles. The van der Waals surface area contributed by atoms with Gasteiger partial charge in [-0.05, 0) is 24.3 Å². The molecule has 0 spiro atoms. The standard InChI is InChI=1S/C15H12FN3O/c1-18-13-7-3-2-5-10(13)15(20)19-14-8-4-6-12(16)11(14)9-17/h2-8,18H,1H3,(H,19,20). The number of anilines is 2. The van der Waals surface area contributed by atoms with Gasteiger partial charge in [0.1, 0.15) is 17.4 Å². The summed E-state index contributed by atoms with van der Waals surface area (Å²) >= 11 is 0. The van der Waals surface area contributed by atoms with Gasteiger partial charge in [-0.3, -0.25) is 4.79 Å². The van der Waals surface area contributed by atoms with E-state index >= 15 is 0 Å². The molecular formula is C15H12FN3O. The SMILES string of the molecule is CNc1ccccc1C(=O)Nc1cccc(F)c1C#N. The molecule has 0 bridgehead atoms. The Kier molecular flexibility index (Phi) is 3.96. The van der Waals surface area contributed by atoms with Crippen LogP contribution in [0, 0.1) is 17.1 Å². The van der Waals surface area contributed by atoms with Gasteiger partial charge in [-0.25, -0.2) is 4.39 Å². The molecule has 0 radical (unpaired) electrons. The molecule has 0 saturated carbocycles. The Morgan fingerprint density at radius 2 is 1.85 bits per heavy atom. The van der Waals surface area contributed by atoms with Crippen molar-refractivity contribution in [3.05, 3.63) is 59.4 Å². The van der Waals surface area contributed by atoms with E-state index in [1.54, 1.807) is 37.4 Å². The number of para-hydroxylation sites is 1. The fourth-order valence-electron chi connectivity index (χ4n) is 1.83. The van der Waals surface area contributed by atoms with Gasteiger partial charge in [0.2, 0.25) is 0 Å². The average molecular weight is 269 g/mol. The van der Waals surface area contributed by atoms with Crippen molar-refractivity contribution in [1.82, 2.24) is 0 Å². The molecule has 0 aliphatic carbocycles. The van der Waals surface area contributed by atoms with Crippen LogP contribution >= 0.6 is 0 Å². The molecule has 0 aliphatic heterocycles. The molecule has 0 aliphatic rings. The van der Waals surface area contributed by atoms with Crippen molar-refractivity contribution in [3.8, 4) is 6.07 Å². The molecule has 0 atom stereocenters. The van der Waals surface area contributed by atoms with Gasteiger partial charge < -0.3 is 10.6 Å². The normalized spacial score (nSPS) is 9.65. The zero-order chi connectivity index (χ0) is 14.5. The smallest absolute Gasteiger partial charge is 0.257 e. The number of halogens is 1. The first kappa shape index (κ1) is 13.6. The van der Waals surface area contributed by atoms with Crippen molar-refractivity contribution in [1.29, 1.82) is 5.26 Å². The number of carbonyl (C=O) groups excluding carboxylic acids is 1. The number of hydrogen-bond donors (Lipinski definition) is 2. The Labute approximate surface area is 115 Å². The van der Waals surface area contributed by atoms with Gasteiger partial charge in [-0.1, -0.05) is 18.2 Å². The number of amides is 1. The molecule has 1 amide bonds. The Morgan fingerprint density at radius 1 is 1.15 bits per heavy atom. The zero-order valence-corrected chi connectivity index (χ0v) is 10.8. The van der Waals surface area contributed by atoms with Crippen LogP contribution in [0.1, 0.15) is 15.9 Å². The average Bonchev–Trinajstić information content (AvgIpc) is 2.47. The monoisotopic (exact) mass is 269 g/mol. The van der Waals surface area contributed by atoms with E-state index in [2.05, 4.69) is 10.6 Å². The van der Waals surface area contributed by atoms with Crippen molar-refractivity contribution in [2.24, 2.45) is 0 Å². The number of carbonyl (C=O) groups is 1. The molecule has 100 valence electrons. The highest BCUT2D eigenvalue weighted by Crippen LogP contribution is 2.21. The lowest BCUT2D eigenvalue weighted by atomic mass is 10.1. The minimum Gasteiger partial charge on any atom is -0.387 e. The first-order valence-corrected chi connectivity index (χ1v) is 5.94. The first-order chi connectivity index (χ1) is 9.67. The Morgan fingerprint density at radius 3 is 2.55 bits per heavy atom. The summed E-state index contributed by atoms with van der Waals surface area (Å²) in [4.78, 5) is 12.2. The van der Waals surface area contributed by atoms with Crippen LogP contribution < -0.4 is 10.6 Å². The van der Waals surface area contributed by atoms with Crippen molar-refractivity contribution in [2.75, 3.05) is 17.7 Å². The molecule has 2 N–H and O–H groups in total. The van der Waals surface area contributed by atoms with Crippen LogP contribution in [0.4, 0.5) is 15.8 Å². The van der Waals surface area contributed by atoms with Gasteiger partial charge >= 0.3 is 0 Å². The van der Waals surface area contributed by atoms with Gasteiger partial charge in [0.05, 0.1) is 11.3 Å². The van der Waals surface area contributed by atoms with Crippen LogP contribution in [0.5, 0.6) is 0 Å². The van der Waals surface area contributed by atoms with Gasteiger partial charge in [0, 0.05) is 12.7 Å². The molecule has 0 heterocycles. The summed E-state index contributed by atoms with van der Waals surface area (Å²) in [6.07, 6.45) is 0.